The zero-order chi connectivity index (χ0) is 24.6. The highest BCUT2D eigenvalue weighted by Crippen LogP contribution is 2.42. The fourth-order valence-electron chi connectivity index (χ4n) is 3.88. The molecule has 0 radical (unpaired) electrons. The first kappa shape index (κ1) is 23.2. The van der Waals surface area contributed by atoms with Gasteiger partial charge < -0.3 is 9.64 Å². The Morgan fingerprint density at radius 1 is 0.971 bits per heavy atom. The van der Waals surface area contributed by atoms with Crippen LogP contribution in [0, 0.1) is 12.8 Å². The number of hydrogen-bond acceptors (Lipinski definition) is 8. The molecule has 1 fully saturated rings. The Morgan fingerprint density at radius 3 is 2.12 bits per heavy atom. The Hall–Kier alpha value is -3.92. The molecule has 0 bridgehead atoms. The van der Waals surface area contributed by atoms with Crippen molar-refractivity contribution >= 4 is 39.8 Å². The van der Waals surface area contributed by atoms with Gasteiger partial charge in [0.25, 0.3) is 11.8 Å². The van der Waals surface area contributed by atoms with Gasteiger partial charge in [-0.2, -0.15) is 0 Å². The van der Waals surface area contributed by atoms with E-state index in [1.807, 2.05) is 0 Å². The molecule has 174 valence electrons. The number of anilines is 1. The predicted octanol–water partition coefficient (Wildman–Crippen LogP) is 2.71. The summed E-state index contributed by atoms with van der Waals surface area (Å²) in [5.74, 6) is -3.01. The van der Waals surface area contributed by atoms with Crippen LogP contribution in [0.5, 0.6) is 5.75 Å². The molecule has 1 aliphatic heterocycles. The zero-order valence-corrected chi connectivity index (χ0v) is 19.8. The molecule has 1 aliphatic rings. The van der Waals surface area contributed by atoms with Crippen LogP contribution in [0.15, 0.2) is 48.5 Å². The predicted molar refractivity (Wildman–Crippen MR) is 125 cm³/mol. The van der Waals surface area contributed by atoms with Crippen LogP contribution in [0.3, 0.4) is 0 Å². The van der Waals surface area contributed by atoms with Crippen molar-refractivity contribution < 1.29 is 23.9 Å². The SMILES string of the molecule is COc1ccc(C(=O)C2C(=O)C(=O)N(c3nnc(C)s3)C2c2ccc(C(=O)N(C)C)cc2)cc1. The summed E-state index contributed by atoms with van der Waals surface area (Å²) in [5, 5.41) is 8.87. The highest BCUT2D eigenvalue weighted by Gasteiger charge is 2.53. The molecule has 0 spiro atoms. The van der Waals surface area contributed by atoms with Crippen molar-refractivity contribution in [2.75, 3.05) is 26.1 Å². The lowest BCUT2D eigenvalue weighted by atomic mass is 9.86. The number of carbonyl (C=O) groups excluding carboxylic acids is 4. The fourth-order valence-corrected chi connectivity index (χ4v) is 4.60. The van der Waals surface area contributed by atoms with Gasteiger partial charge in [0.05, 0.1) is 13.2 Å². The van der Waals surface area contributed by atoms with E-state index in [0.717, 1.165) is 11.3 Å². The fraction of sp³-hybridized carbons (Fsp3) is 0.250. The van der Waals surface area contributed by atoms with Crippen molar-refractivity contribution in [2.24, 2.45) is 5.92 Å². The molecule has 2 heterocycles. The summed E-state index contributed by atoms with van der Waals surface area (Å²) in [4.78, 5) is 54.7. The molecule has 0 aliphatic carbocycles. The van der Waals surface area contributed by atoms with Gasteiger partial charge in [-0.25, -0.2) is 0 Å². The van der Waals surface area contributed by atoms with Crippen LogP contribution >= 0.6 is 11.3 Å². The van der Waals surface area contributed by atoms with Crippen LogP contribution in [-0.4, -0.2) is 59.7 Å². The number of nitrogens with zero attached hydrogens (tertiary/aromatic N) is 4. The smallest absolute Gasteiger partial charge is 0.297 e. The molecule has 9 nitrogen and oxygen atoms in total. The molecule has 2 unspecified atom stereocenters. The van der Waals surface area contributed by atoms with Crippen molar-refractivity contribution in [2.45, 2.75) is 13.0 Å². The minimum Gasteiger partial charge on any atom is -0.497 e. The summed E-state index contributed by atoms with van der Waals surface area (Å²) in [7, 11) is 4.81. The maximum absolute atomic E-state index is 13.5. The molecule has 0 saturated carbocycles. The van der Waals surface area contributed by atoms with Crippen LogP contribution in [0.4, 0.5) is 5.13 Å². The average molecular weight is 479 g/mol. The second-order valence-corrected chi connectivity index (χ2v) is 9.14. The van der Waals surface area contributed by atoms with E-state index in [4.69, 9.17) is 4.74 Å². The Labute approximate surface area is 200 Å². The van der Waals surface area contributed by atoms with Crippen LogP contribution in [0.2, 0.25) is 0 Å². The minimum atomic E-state index is -1.28. The van der Waals surface area contributed by atoms with Crippen LogP contribution in [0.1, 0.15) is 37.3 Å². The number of aryl methyl sites for hydroxylation is 1. The Morgan fingerprint density at radius 2 is 1.59 bits per heavy atom. The first-order valence-electron chi connectivity index (χ1n) is 10.4. The maximum atomic E-state index is 13.5. The van der Waals surface area contributed by atoms with Gasteiger partial charge >= 0.3 is 0 Å². The first-order valence-corrected chi connectivity index (χ1v) is 11.2. The van der Waals surface area contributed by atoms with E-state index in [0.29, 0.717) is 21.9 Å². The summed E-state index contributed by atoms with van der Waals surface area (Å²) < 4.78 is 5.14. The molecule has 2 amide bonds. The summed E-state index contributed by atoms with van der Waals surface area (Å²) in [6.45, 7) is 1.74. The van der Waals surface area contributed by atoms with E-state index < -0.39 is 29.4 Å². The first-order chi connectivity index (χ1) is 16.2. The maximum Gasteiger partial charge on any atom is 0.297 e. The number of Topliss-reactive ketones (excluding diaryl/α,β-unsaturated/α-hetero) is 2. The normalized spacial score (nSPS) is 17.7. The number of carbonyl (C=O) groups is 4. The molecule has 1 saturated heterocycles. The van der Waals surface area contributed by atoms with Crippen LogP contribution in [-0.2, 0) is 9.59 Å². The molecule has 2 atom stereocenters. The van der Waals surface area contributed by atoms with E-state index >= 15 is 0 Å². The highest BCUT2D eigenvalue weighted by molar-refractivity contribution is 7.15. The van der Waals surface area contributed by atoms with Crippen molar-refractivity contribution in [1.29, 1.82) is 0 Å². The lowest BCUT2D eigenvalue weighted by molar-refractivity contribution is -0.135. The second-order valence-electron chi connectivity index (χ2n) is 7.98. The Balaban J connectivity index is 1.80. The van der Waals surface area contributed by atoms with Gasteiger partial charge in [0.1, 0.15) is 16.7 Å². The van der Waals surface area contributed by atoms with Gasteiger partial charge in [-0.1, -0.05) is 23.5 Å². The molecule has 3 aromatic rings. The lowest BCUT2D eigenvalue weighted by Gasteiger charge is -2.25. The van der Waals surface area contributed by atoms with Gasteiger partial charge in [-0.3, -0.25) is 24.1 Å². The quantitative estimate of drug-likeness (QED) is 0.304. The Kier molecular flexibility index (Phi) is 6.25. The van der Waals surface area contributed by atoms with Crippen molar-refractivity contribution in [3.8, 4) is 5.75 Å². The average Bonchev–Trinajstić information content (AvgIpc) is 3.38. The number of rotatable bonds is 6. The van der Waals surface area contributed by atoms with Crippen molar-refractivity contribution in [1.82, 2.24) is 15.1 Å². The minimum absolute atomic E-state index is 0.187. The van der Waals surface area contributed by atoms with E-state index in [1.54, 1.807) is 69.6 Å². The summed E-state index contributed by atoms with van der Waals surface area (Å²) >= 11 is 1.16. The molecule has 10 heteroatoms. The molecule has 0 N–H and O–H groups in total. The number of aromatic nitrogens is 2. The summed E-state index contributed by atoms with van der Waals surface area (Å²) in [5.41, 5.74) is 1.27. The van der Waals surface area contributed by atoms with Gasteiger partial charge in [-0.05, 0) is 48.9 Å². The van der Waals surface area contributed by atoms with E-state index in [2.05, 4.69) is 10.2 Å². The van der Waals surface area contributed by atoms with Gasteiger partial charge in [0.15, 0.2) is 5.78 Å². The van der Waals surface area contributed by atoms with E-state index in [-0.39, 0.29) is 16.6 Å². The number of hydrogen-bond donors (Lipinski definition) is 0. The molecular weight excluding hydrogens is 456 g/mol. The van der Waals surface area contributed by atoms with Gasteiger partial charge in [0.2, 0.25) is 10.9 Å². The van der Waals surface area contributed by atoms with Crippen molar-refractivity contribution in [3.63, 3.8) is 0 Å². The number of benzene rings is 2. The number of methoxy groups -OCH3 is 1. The molecule has 1 aromatic heterocycles. The summed E-state index contributed by atoms with van der Waals surface area (Å²) in [6, 6.07) is 12.0. The molecule has 4 rings (SSSR count). The Bertz CT molecular complexity index is 1270. The lowest BCUT2D eigenvalue weighted by Crippen LogP contribution is -2.30. The molecular formula is C24H22N4O5S. The third-order valence-corrected chi connectivity index (χ3v) is 6.43. The largest absolute Gasteiger partial charge is 0.497 e. The van der Waals surface area contributed by atoms with Gasteiger partial charge in [-0.15, -0.1) is 10.2 Å². The number of ketones is 2. The highest BCUT2D eigenvalue weighted by atomic mass is 32.1. The monoisotopic (exact) mass is 478 g/mol. The third kappa shape index (κ3) is 4.08. The van der Waals surface area contributed by atoms with Crippen molar-refractivity contribution in [3.05, 3.63) is 70.2 Å². The zero-order valence-electron chi connectivity index (χ0n) is 19.0. The van der Waals surface area contributed by atoms with Crippen LogP contribution in [0.25, 0.3) is 0 Å². The van der Waals surface area contributed by atoms with E-state index in [1.165, 1.54) is 16.9 Å². The van der Waals surface area contributed by atoms with E-state index in [9.17, 15) is 19.2 Å². The third-order valence-electron chi connectivity index (χ3n) is 5.59. The van der Waals surface area contributed by atoms with Gasteiger partial charge in [0, 0.05) is 25.2 Å². The number of ether oxygens (including phenoxy) is 1. The molecule has 2 aromatic carbocycles. The topological polar surface area (TPSA) is 110 Å². The van der Waals surface area contributed by atoms with Crippen LogP contribution < -0.4 is 9.64 Å². The summed E-state index contributed by atoms with van der Waals surface area (Å²) in [6.07, 6.45) is 0. The second kappa shape index (κ2) is 9.14. The molecule has 34 heavy (non-hydrogen) atoms. The standard InChI is InChI=1S/C24H22N4O5S/c1-13-25-26-24(34-13)28-19(14-5-7-16(8-6-14)22(31)27(2)3)18(21(30)23(28)32)20(29)15-9-11-17(33-4)12-10-15/h5-12,18-19H,1-4H3. The number of amides is 2.